The molecule has 29 heavy (non-hydrogen) atoms. The van der Waals surface area contributed by atoms with E-state index < -0.39 is 0 Å². The molecule has 152 valence electrons. The molecule has 0 aliphatic heterocycles. The average molecular weight is 392 g/mol. The lowest BCUT2D eigenvalue weighted by molar-refractivity contribution is -0.140. The molecular formula is C25H29NO3. The molecule has 1 aliphatic rings. The summed E-state index contributed by atoms with van der Waals surface area (Å²) in [6.45, 7) is 0.780. The van der Waals surface area contributed by atoms with Crippen LogP contribution >= 0.6 is 0 Å². The maximum absolute atomic E-state index is 11.6. The summed E-state index contributed by atoms with van der Waals surface area (Å²) in [4.78, 5) is 11.6. The first-order valence-electron chi connectivity index (χ1n) is 10.5. The summed E-state index contributed by atoms with van der Waals surface area (Å²) in [5.41, 5.74) is 4.57. The molecule has 1 aliphatic carbocycles. The highest BCUT2D eigenvalue weighted by molar-refractivity contribution is 5.87. The van der Waals surface area contributed by atoms with Crippen LogP contribution in [0.2, 0.25) is 0 Å². The summed E-state index contributed by atoms with van der Waals surface area (Å²) in [6.07, 6.45) is 8.30. The molecule has 4 heteroatoms. The predicted molar refractivity (Wildman–Crippen MR) is 116 cm³/mol. The van der Waals surface area contributed by atoms with Crippen LogP contribution in [0.15, 0.2) is 48.7 Å². The zero-order valence-electron chi connectivity index (χ0n) is 17.3. The van der Waals surface area contributed by atoms with E-state index in [0.29, 0.717) is 18.8 Å². The second-order valence-corrected chi connectivity index (χ2v) is 8.07. The minimum absolute atomic E-state index is 0.182. The number of esters is 1. The molecule has 0 saturated heterocycles. The van der Waals surface area contributed by atoms with Crippen LogP contribution < -0.4 is 4.74 Å². The van der Waals surface area contributed by atoms with E-state index in [-0.39, 0.29) is 5.97 Å². The molecule has 0 amide bonds. The number of methoxy groups -OCH3 is 1. The molecule has 3 aromatic rings. The maximum Gasteiger partial charge on any atom is 0.305 e. The quantitative estimate of drug-likeness (QED) is 0.498. The van der Waals surface area contributed by atoms with Crippen LogP contribution in [0.4, 0.5) is 0 Å². The van der Waals surface area contributed by atoms with Crippen molar-refractivity contribution in [3.8, 4) is 16.9 Å². The van der Waals surface area contributed by atoms with Gasteiger partial charge < -0.3 is 14.0 Å². The van der Waals surface area contributed by atoms with Crippen LogP contribution in [-0.2, 0) is 23.0 Å². The standard InChI is InChI=1S/C25H29NO3/c1-26-14-13-21-16-20(9-10-23(21)26)22-15-18(8-12-25(27)28-2)7-11-24(22)29-17-19-5-3-4-6-19/h7,9-11,13-16,19H,3-6,8,12,17H2,1-2H3. The third-order valence-electron chi connectivity index (χ3n) is 6.03. The normalized spacial score (nSPS) is 14.4. The molecule has 0 bridgehead atoms. The van der Waals surface area contributed by atoms with Gasteiger partial charge in [-0.05, 0) is 66.6 Å². The van der Waals surface area contributed by atoms with Gasteiger partial charge in [0.05, 0.1) is 13.7 Å². The first-order valence-corrected chi connectivity index (χ1v) is 10.5. The summed E-state index contributed by atoms with van der Waals surface area (Å²) >= 11 is 0. The third kappa shape index (κ3) is 4.47. The molecule has 0 atom stereocenters. The Balaban J connectivity index is 1.64. The number of carbonyl (C=O) groups is 1. The summed E-state index contributed by atoms with van der Waals surface area (Å²) in [6, 6.07) is 15.0. The largest absolute Gasteiger partial charge is 0.493 e. The summed E-state index contributed by atoms with van der Waals surface area (Å²) in [5.74, 6) is 1.41. The van der Waals surface area contributed by atoms with Crippen molar-refractivity contribution >= 4 is 16.9 Å². The van der Waals surface area contributed by atoms with E-state index in [2.05, 4.69) is 60.3 Å². The van der Waals surface area contributed by atoms with Gasteiger partial charge in [-0.1, -0.05) is 25.0 Å². The van der Waals surface area contributed by atoms with Crippen molar-refractivity contribution in [2.75, 3.05) is 13.7 Å². The molecule has 1 fully saturated rings. The molecule has 0 radical (unpaired) electrons. The number of rotatable bonds is 7. The van der Waals surface area contributed by atoms with Crippen LogP contribution in [-0.4, -0.2) is 24.3 Å². The van der Waals surface area contributed by atoms with Gasteiger partial charge in [-0.15, -0.1) is 0 Å². The van der Waals surface area contributed by atoms with Crippen LogP contribution in [0.1, 0.15) is 37.7 Å². The number of aromatic nitrogens is 1. The van der Waals surface area contributed by atoms with Gasteiger partial charge in [0.25, 0.3) is 0 Å². The molecule has 1 saturated carbocycles. The molecule has 0 spiro atoms. The summed E-state index contributed by atoms with van der Waals surface area (Å²) < 4.78 is 13.2. The van der Waals surface area contributed by atoms with Gasteiger partial charge in [-0.25, -0.2) is 0 Å². The lowest BCUT2D eigenvalue weighted by Gasteiger charge is -2.16. The van der Waals surface area contributed by atoms with Crippen molar-refractivity contribution in [1.29, 1.82) is 0 Å². The van der Waals surface area contributed by atoms with E-state index in [1.165, 1.54) is 43.7 Å². The number of benzene rings is 2. The smallest absolute Gasteiger partial charge is 0.305 e. The molecule has 0 N–H and O–H groups in total. The van der Waals surface area contributed by atoms with Crippen molar-refractivity contribution in [2.45, 2.75) is 38.5 Å². The molecule has 1 heterocycles. The van der Waals surface area contributed by atoms with Gasteiger partial charge in [-0.3, -0.25) is 4.79 Å². The average Bonchev–Trinajstić information content (AvgIpc) is 3.40. The lowest BCUT2D eigenvalue weighted by atomic mass is 9.98. The number of aryl methyl sites for hydroxylation is 2. The Labute approximate surface area is 172 Å². The zero-order chi connectivity index (χ0) is 20.2. The fourth-order valence-corrected chi connectivity index (χ4v) is 4.27. The maximum atomic E-state index is 11.6. The van der Waals surface area contributed by atoms with Gasteiger partial charge in [-0.2, -0.15) is 0 Å². The lowest BCUT2D eigenvalue weighted by Crippen LogP contribution is -2.09. The fraction of sp³-hybridized carbons (Fsp3) is 0.400. The Morgan fingerprint density at radius 3 is 2.72 bits per heavy atom. The van der Waals surface area contributed by atoms with Crippen LogP contribution in [0.3, 0.4) is 0 Å². The molecule has 0 unspecified atom stereocenters. The highest BCUT2D eigenvalue weighted by Gasteiger charge is 2.17. The number of hydrogen-bond donors (Lipinski definition) is 0. The highest BCUT2D eigenvalue weighted by atomic mass is 16.5. The second-order valence-electron chi connectivity index (χ2n) is 8.07. The Bertz CT molecular complexity index is 998. The molecule has 4 nitrogen and oxygen atoms in total. The Hall–Kier alpha value is -2.75. The Morgan fingerprint density at radius 1 is 1.10 bits per heavy atom. The SMILES string of the molecule is COC(=O)CCc1ccc(OCC2CCCC2)c(-c2ccc3c(ccn3C)c2)c1. The summed E-state index contributed by atoms with van der Waals surface area (Å²) in [5, 5.41) is 1.21. The topological polar surface area (TPSA) is 40.5 Å². The second kappa shape index (κ2) is 8.73. The van der Waals surface area contributed by atoms with Gasteiger partial charge in [0, 0.05) is 36.1 Å². The number of nitrogens with zero attached hydrogens (tertiary/aromatic N) is 1. The van der Waals surface area contributed by atoms with Crippen LogP contribution in [0.25, 0.3) is 22.0 Å². The van der Waals surface area contributed by atoms with Crippen molar-refractivity contribution in [2.24, 2.45) is 13.0 Å². The first kappa shape index (κ1) is 19.6. The van der Waals surface area contributed by atoms with Crippen molar-refractivity contribution in [3.63, 3.8) is 0 Å². The van der Waals surface area contributed by atoms with E-state index in [0.717, 1.165) is 29.0 Å². The van der Waals surface area contributed by atoms with E-state index in [1.54, 1.807) is 0 Å². The Kier molecular flexibility index (Phi) is 5.89. The monoisotopic (exact) mass is 391 g/mol. The Morgan fingerprint density at radius 2 is 1.93 bits per heavy atom. The van der Waals surface area contributed by atoms with E-state index in [1.807, 2.05) is 0 Å². The van der Waals surface area contributed by atoms with Crippen LogP contribution in [0, 0.1) is 5.92 Å². The number of hydrogen-bond acceptors (Lipinski definition) is 3. The number of ether oxygens (including phenoxy) is 2. The fourth-order valence-electron chi connectivity index (χ4n) is 4.27. The molecule has 4 rings (SSSR count). The van der Waals surface area contributed by atoms with E-state index >= 15 is 0 Å². The molecule has 1 aromatic heterocycles. The van der Waals surface area contributed by atoms with Gasteiger partial charge in [0.15, 0.2) is 0 Å². The zero-order valence-corrected chi connectivity index (χ0v) is 17.3. The van der Waals surface area contributed by atoms with Crippen LogP contribution in [0.5, 0.6) is 5.75 Å². The van der Waals surface area contributed by atoms with Crippen molar-refractivity contribution < 1.29 is 14.3 Å². The number of carbonyl (C=O) groups excluding carboxylic acids is 1. The highest BCUT2D eigenvalue weighted by Crippen LogP contribution is 2.35. The molecular weight excluding hydrogens is 362 g/mol. The minimum Gasteiger partial charge on any atom is -0.493 e. The van der Waals surface area contributed by atoms with Gasteiger partial charge in [0.1, 0.15) is 5.75 Å². The van der Waals surface area contributed by atoms with Crippen molar-refractivity contribution in [1.82, 2.24) is 4.57 Å². The number of fused-ring (bicyclic) bond motifs is 1. The van der Waals surface area contributed by atoms with E-state index in [9.17, 15) is 4.79 Å². The third-order valence-corrected chi connectivity index (χ3v) is 6.03. The van der Waals surface area contributed by atoms with Gasteiger partial charge >= 0.3 is 5.97 Å². The predicted octanol–water partition coefficient (Wildman–Crippen LogP) is 5.52. The van der Waals surface area contributed by atoms with E-state index in [4.69, 9.17) is 9.47 Å². The first-order chi connectivity index (χ1) is 14.1. The molecule has 2 aromatic carbocycles. The summed E-state index contributed by atoms with van der Waals surface area (Å²) in [7, 11) is 3.49. The minimum atomic E-state index is -0.182. The van der Waals surface area contributed by atoms with Crippen molar-refractivity contribution in [3.05, 3.63) is 54.2 Å². The van der Waals surface area contributed by atoms with Gasteiger partial charge in [0.2, 0.25) is 0 Å².